The molecule has 100 valence electrons. The topological polar surface area (TPSA) is 35.5 Å². The Bertz CT molecular complexity index is 422. The number of hydrogen-bond donors (Lipinski definition) is 2. The standard InChI is InChI=1S/C12H15F3N2O/c13-9-6-11(15)10(14)5-8(9)12(7-18)17-3-1-16-2-4-17/h5-6,12,16,18H,1-4,7H2. The minimum atomic E-state index is -1.21. The van der Waals surface area contributed by atoms with Gasteiger partial charge >= 0.3 is 0 Å². The zero-order chi connectivity index (χ0) is 13.1. The number of nitrogens with zero attached hydrogens (tertiary/aromatic N) is 1. The Morgan fingerprint density at radius 2 is 1.72 bits per heavy atom. The van der Waals surface area contributed by atoms with E-state index in [4.69, 9.17) is 0 Å². The molecular weight excluding hydrogens is 245 g/mol. The fraction of sp³-hybridized carbons (Fsp3) is 0.500. The predicted molar refractivity (Wildman–Crippen MR) is 60.6 cm³/mol. The van der Waals surface area contributed by atoms with Gasteiger partial charge in [-0.05, 0) is 6.07 Å². The first-order valence-corrected chi connectivity index (χ1v) is 5.83. The Hall–Kier alpha value is -1.11. The smallest absolute Gasteiger partial charge is 0.161 e. The normalized spacial score (nSPS) is 18.9. The molecule has 0 aliphatic carbocycles. The minimum Gasteiger partial charge on any atom is -0.394 e. The molecule has 0 radical (unpaired) electrons. The van der Waals surface area contributed by atoms with Gasteiger partial charge in [-0.25, -0.2) is 13.2 Å². The van der Waals surface area contributed by atoms with E-state index in [-0.39, 0.29) is 12.2 Å². The van der Waals surface area contributed by atoms with Gasteiger partial charge in [0, 0.05) is 37.8 Å². The number of halogens is 3. The van der Waals surface area contributed by atoms with E-state index >= 15 is 0 Å². The fourth-order valence-electron chi connectivity index (χ4n) is 2.20. The molecule has 0 bridgehead atoms. The lowest BCUT2D eigenvalue weighted by molar-refractivity contribution is 0.108. The van der Waals surface area contributed by atoms with Crippen LogP contribution in [0.3, 0.4) is 0 Å². The molecular formula is C12H15F3N2O. The fourth-order valence-corrected chi connectivity index (χ4v) is 2.20. The highest BCUT2D eigenvalue weighted by molar-refractivity contribution is 5.24. The quantitative estimate of drug-likeness (QED) is 0.797. The zero-order valence-electron chi connectivity index (χ0n) is 9.80. The van der Waals surface area contributed by atoms with Crippen LogP contribution in [-0.4, -0.2) is 42.8 Å². The van der Waals surface area contributed by atoms with Gasteiger partial charge in [-0.3, -0.25) is 4.90 Å². The van der Waals surface area contributed by atoms with Crippen LogP contribution in [0, 0.1) is 17.5 Å². The third-order valence-electron chi connectivity index (χ3n) is 3.16. The van der Waals surface area contributed by atoms with Gasteiger partial charge in [-0.2, -0.15) is 0 Å². The van der Waals surface area contributed by atoms with Crippen molar-refractivity contribution < 1.29 is 18.3 Å². The number of benzene rings is 1. The van der Waals surface area contributed by atoms with Gasteiger partial charge in [0.15, 0.2) is 11.6 Å². The minimum absolute atomic E-state index is 0.00157. The summed E-state index contributed by atoms with van der Waals surface area (Å²) in [4.78, 5) is 1.85. The first kappa shape index (κ1) is 13.3. The number of piperazine rings is 1. The summed E-state index contributed by atoms with van der Waals surface area (Å²) >= 11 is 0. The molecule has 0 spiro atoms. The maximum Gasteiger partial charge on any atom is 0.161 e. The Morgan fingerprint density at radius 1 is 1.11 bits per heavy atom. The molecule has 1 saturated heterocycles. The predicted octanol–water partition coefficient (Wildman–Crippen LogP) is 1.04. The van der Waals surface area contributed by atoms with Crippen LogP contribution in [0.4, 0.5) is 13.2 Å². The van der Waals surface area contributed by atoms with E-state index in [1.54, 1.807) is 0 Å². The average Bonchev–Trinajstić information content (AvgIpc) is 2.38. The Morgan fingerprint density at radius 3 is 2.33 bits per heavy atom. The highest BCUT2D eigenvalue weighted by Gasteiger charge is 2.25. The molecule has 18 heavy (non-hydrogen) atoms. The molecule has 1 aliphatic rings. The molecule has 1 aromatic rings. The monoisotopic (exact) mass is 260 g/mol. The molecule has 1 atom stereocenters. The number of hydrogen-bond acceptors (Lipinski definition) is 3. The molecule has 3 nitrogen and oxygen atoms in total. The van der Waals surface area contributed by atoms with Crippen molar-refractivity contribution in [2.45, 2.75) is 6.04 Å². The highest BCUT2D eigenvalue weighted by Crippen LogP contribution is 2.25. The second-order valence-electron chi connectivity index (χ2n) is 4.27. The number of aliphatic hydroxyl groups is 1. The summed E-state index contributed by atoms with van der Waals surface area (Å²) < 4.78 is 39.7. The van der Waals surface area contributed by atoms with Crippen LogP contribution >= 0.6 is 0 Å². The summed E-state index contributed by atoms with van der Waals surface area (Å²) in [5, 5.41) is 12.5. The van der Waals surface area contributed by atoms with Crippen molar-refractivity contribution in [2.24, 2.45) is 0 Å². The van der Waals surface area contributed by atoms with Crippen LogP contribution < -0.4 is 5.32 Å². The maximum atomic E-state index is 13.7. The molecule has 0 saturated carbocycles. The molecule has 2 N–H and O–H groups in total. The molecule has 1 heterocycles. The van der Waals surface area contributed by atoms with E-state index in [0.29, 0.717) is 19.2 Å². The third-order valence-corrected chi connectivity index (χ3v) is 3.16. The van der Waals surface area contributed by atoms with E-state index in [2.05, 4.69) is 5.32 Å². The summed E-state index contributed by atoms with van der Waals surface area (Å²) in [5.41, 5.74) is -0.00157. The highest BCUT2D eigenvalue weighted by atomic mass is 19.2. The maximum absolute atomic E-state index is 13.7. The number of nitrogens with one attached hydrogen (secondary N) is 1. The Labute approximate surface area is 103 Å². The largest absolute Gasteiger partial charge is 0.394 e. The molecule has 1 unspecified atom stereocenters. The van der Waals surface area contributed by atoms with Crippen molar-refractivity contribution in [3.63, 3.8) is 0 Å². The summed E-state index contributed by atoms with van der Waals surface area (Å²) in [6, 6.07) is 0.713. The van der Waals surface area contributed by atoms with E-state index in [1.807, 2.05) is 4.90 Å². The summed E-state index contributed by atoms with van der Waals surface area (Å²) in [6.07, 6.45) is 0. The SMILES string of the molecule is OCC(c1cc(F)c(F)cc1F)N1CCNCC1. The van der Waals surface area contributed by atoms with Crippen molar-refractivity contribution in [1.29, 1.82) is 0 Å². The Kier molecular flexibility index (Phi) is 4.21. The lowest BCUT2D eigenvalue weighted by atomic mass is 10.0. The summed E-state index contributed by atoms with van der Waals surface area (Å²) in [6.45, 7) is 2.37. The van der Waals surface area contributed by atoms with Gasteiger partial charge in [0.25, 0.3) is 0 Å². The van der Waals surface area contributed by atoms with E-state index < -0.39 is 23.5 Å². The van der Waals surface area contributed by atoms with Gasteiger partial charge in [-0.1, -0.05) is 0 Å². The third kappa shape index (κ3) is 2.66. The zero-order valence-corrected chi connectivity index (χ0v) is 9.80. The van der Waals surface area contributed by atoms with Crippen LogP contribution in [0.1, 0.15) is 11.6 Å². The molecule has 6 heteroatoms. The van der Waals surface area contributed by atoms with Gasteiger partial charge in [0.2, 0.25) is 0 Å². The number of aliphatic hydroxyl groups excluding tert-OH is 1. The molecule has 1 fully saturated rings. The van der Waals surface area contributed by atoms with Crippen molar-refractivity contribution in [3.05, 3.63) is 35.1 Å². The first-order valence-electron chi connectivity index (χ1n) is 5.83. The van der Waals surface area contributed by atoms with Gasteiger partial charge in [0.1, 0.15) is 5.82 Å². The first-order chi connectivity index (χ1) is 8.63. The molecule has 1 aromatic carbocycles. The molecule has 0 aromatic heterocycles. The van der Waals surface area contributed by atoms with E-state index in [1.165, 1.54) is 0 Å². The van der Waals surface area contributed by atoms with Crippen LogP contribution in [0.5, 0.6) is 0 Å². The molecule has 0 amide bonds. The molecule has 2 rings (SSSR count). The lowest BCUT2D eigenvalue weighted by Crippen LogP contribution is -2.46. The second-order valence-corrected chi connectivity index (χ2v) is 4.27. The summed E-state index contributed by atoms with van der Waals surface area (Å²) in [5.74, 6) is -3.14. The average molecular weight is 260 g/mol. The van der Waals surface area contributed by atoms with Crippen LogP contribution in [-0.2, 0) is 0 Å². The van der Waals surface area contributed by atoms with E-state index in [9.17, 15) is 18.3 Å². The van der Waals surface area contributed by atoms with Gasteiger partial charge < -0.3 is 10.4 Å². The molecule has 1 aliphatic heterocycles. The van der Waals surface area contributed by atoms with Gasteiger partial charge in [-0.15, -0.1) is 0 Å². The number of rotatable bonds is 3. The lowest BCUT2D eigenvalue weighted by Gasteiger charge is -2.34. The van der Waals surface area contributed by atoms with Crippen molar-refractivity contribution >= 4 is 0 Å². The van der Waals surface area contributed by atoms with Gasteiger partial charge in [0.05, 0.1) is 12.6 Å². The van der Waals surface area contributed by atoms with Crippen LogP contribution in [0.25, 0.3) is 0 Å². The second kappa shape index (κ2) is 5.69. The Balaban J connectivity index is 2.28. The van der Waals surface area contributed by atoms with E-state index in [0.717, 1.165) is 19.2 Å². The van der Waals surface area contributed by atoms with Crippen molar-refractivity contribution in [2.75, 3.05) is 32.8 Å². The van der Waals surface area contributed by atoms with Crippen molar-refractivity contribution in [3.8, 4) is 0 Å². The van der Waals surface area contributed by atoms with Crippen LogP contribution in [0.15, 0.2) is 12.1 Å². The van der Waals surface area contributed by atoms with Crippen molar-refractivity contribution in [1.82, 2.24) is 10.2 Å². The summed E-state index contributed by atoms with van der Waals surface area (Å²) in [7, 11) is 0. The van der Waals surface area contributed by atoms with Crippen LogP contribution in [0.2, 0.25) is 0 Å².